The molecule has 1 aliphatic heterocycles. The smallest absolute Gasteiger partial charge is 0.257 e. The van der Waals surface area contributed by atoms with Crippen molar-refractivity contribution in [2.75, 3.05) is 18.4 Å². The predicted molar refractivity (Wildman–Crippen MR) is 112 cm³/mol. The third kappa shape index (κ3) is 4.90. The van der Waals surface area contributed by atoms with Gasteiger partial charge in [0.05, 0.1) is 12.5 Å². The lowest BCUT2D eigenvalue weighted by Crippen LogP contribution is -2.40. The Labute approximate surface area is 170 Å². The largest absolute Gasteiger partial charge is 0.334 e. The van der Waals surface area contributed by atoms with Gasteiger partial charge in [-0.05, 0) is 57.5 Å². The summed E-state index contributed by atoms with van der Waals surface area (Å²) < 4.78 is 5.43. The molecule has 1 unspecified atom stereocenters. The van der Waals surface area contributed by atoms with Crippen molar-refractivity contribution in [1.29, 1.82) is 0 Å². The van der Waals surface area contributed by atoms with Gasteiger partial charge in [-0.1, -0.05) is 40.5 Å². The number of rotatable bonds is 5. The molecule has 150 valence electrons. The fourth-order valence-electron chi connectivity index (χ4n) is 3.63. The highest BCUT2D eigenvalue weighted by Gasteiger charge is 2.27. The van der Waals surface area contributed by atoms with E-state index in [0.717, 1.165) is 30.6 Å². The normalized spacial score (nSPS) is 17.2. The molecule has 0 saturated carbocycles. The lowest BCUT2D eigenvalue weighted by atomic mass is 9.97. The van der Waals surface area contributed by atoms with E-state index in [1.807, 2.05) is 62.4 Å². The third-order valence-electron chi connectivity index (χ3n) is 5.33. The number of likely N-dealkylation sites (tertiary alicyclic amines) is 1. The van der Waals surface area contributed by atoms with Gasteiger partial charge < -0.3 is 9.84 Å². The molecule has 6 nitrogen and oxygen atoms in total. The van der Waals surface area contributed by atoms with Gasteiger partial charge in [0, 0.05) is 17.8 Å². The van der Waals surface area contributed by atoms with Crippen LogP contribution in [0.25, 0.3) is 11.5 Å². The van der Waals surface area contributed by atoms with Gasteiger partial charge in [-0.3, -0.25) is 9.69 Å². The lowest BCUT2D eigenvalue weighted by Gasteiger charge is -2.31. The van der Waals surface area contributed by atoms with Crippen LogP contribution < -0.4 is 5.32 Å². The molecule has 2 aromatic carbocycles. The molecule has 2 heterocycles. The van der Waals surface area contributed by atoms with E-state index in [1.54, 1.807) is 0 Å². The van der Waals surface area contributed by atoms with Gasteiger partial charge in [0.25, 0.3) is 5.89 Å². The van der Waals surface area contributed by atoms with Crippen molar-refractivity contribution < 1.29 is 9.32 Å². The first kappa shape index (κ1) is 19.3. The molecule has 0 radical (unpaired) electrons. The van der Waals surface area contributed by atoms with Crippen LogP contribution in [-0.4, -0.2) is 34.0 Å². The Kier molecular flexibility index (Phi) is 5.71. The zero-order chi connectivity index (χ0) is 20.2. The summed E-state index contributed by atoms with van der Waals surface area (Å²) in [4.78, 5) is 19.4. The van der Waals surface area contributed by atoms with E-state index >= 15 is 0 Å². The summed E-state index contributed by atoms with van der Waals surface area (Å²) in [6.45, 7) is 6.30. The van der Waals surface area contributed by atoms with Crippen LogP contribution in [0.2, 0.25) is 0 Å². The van der Waals surface area contributed by atoms with Gasteiger partial charge in [-0.2, -0.15) is 4.98 Å². The molecule has 3 aromatic rings. The van der Waals surface area contributed by atoms with E-state index in [2.05, 4.69) is 20.4 Å². The monoisotopic (exact) mass is 390 g/mol. The average molecular weight is 390 g/mol. The minimum atomic E-state index is -0.0338. The van der Waals surface area contributed by atoms with Gasteiger partial charge in [-0.25, -0.2) is 0 Å². The minimum Gasteiger partial charge on any atom is -0.334 e. The van der Waals surface area contributed by atoms with E-state index < -0.39 is 0 Å². The summed E-state index contributed by atoms with van der Waals surface area (Å²) >= 11 is 0. The summed E-state index contributed by atoms with van der Waals surface area (Å²) in [5, 5.41) is 7.16. The highest BCUT2D eigenvalue weighted by atomic mass is 16.5. The van der Waals surface area contributed by atoms with Crippen LogP contribution in [-0.2, 0) is 11.3 Å². The van der Waals surface area contributed by atoms with E-state index in [4.69, 9.17) is 4.52 Å². The molecular weight excluding hydrogens is 364 g/mol. The van der Waals surface area contributed by atoms with E-state index in [1.165, 1.54) is 11.1 Å². The molecule has 6 heteroatoms. The molecule has 1 saturated heterocycles. The van der Waals surface area contributed by atoms with Gasteiger partial charge in [-0.15, -0.1) is 0 Å². The fourth-order valence-corrected chi connectivity index (χ4v) is 3.63. The lowest BCUT2D eigenvalue weighted by molar-refractivity contribution is -0.121. The Morgan fingerprint density at radius 3 is 2.52 bits per heavy atom. The van der Waals surface area contributed by atoms with Gasteiger partial charge in [0.15, 0.2) is 5.82 Å². The topological polar surface area (TPSA) is 71.3 Å². The van der Waals surface area contributed by atoms with Gasteiger partial charge in [0.2, 0.25) is 5.91 Å². The molecule has 4 rings (SSSR count). The maximum absolute atomic E-state index is 12.7. The SMILES string of the molecule is Cc1ccc(NC(=O)C2CCCN(Cc3noc(-c4ccc(C)cc4)n3)C2)cc1. The summed E-state index contributed by atoms with van der Waals surface area (Å²) in [6, 6.07) is 15.9. The van der Waals surface area contributed by atoms with Crippen LogP contribution in [0.4, 0.5) is 5.69 Å². The number of nitrogens with zero attached hydrogens (tertiary/aromatic N) is 3. The van der Waals surface area contributed by atoms with Crippen LogP contribution >= 0.6 is 0 Å². The number of aromatic nitrogens is 2. The number of piperidine rings is 1. The quantitative estimate of drug-likeness (QED) is 0.707. The molecule has 1 aliphatic rings. The maximum atomic E-state index is 12.7. The standard InChI is InChI=1S/C23H26N4O2/c1-16-5-9-18(10-6-16)23-25-21(26-29-23)15-27-13-3-4-19(14-27)22(28)24-20-11-7-17(2)8-12-20/h5-12,19H,3-4,13-15H2,1-2H3,(H,24,28). The molecule has 0 spiro atoms. The van der Waals surface area contributed by atoms with E-state index in [0.29, 0.717) is 24.8 Å². The van der Waals surface area contributed by atoms with Crippen LogP contribution in [0.3, 0.4) is 0 Å². The van der Waals surface area contributed by atoms with Crippen molar-refractivity contribution in [2.24, 2.45) is 5.92 Å². The second-order valence-electron chi connectivity index (χ2n) is 7.81. The predicted octanol–water partition coefficient (Wildman–Crippen LogP) is 4.20. The molecule has 1 atom stereocenters. The first-order valence-corrected chi connectivity index (χ1v) is 10.1. The number of aryl methyl sites for hydroxylation is 2. The van der Waals surface area contributed by atoms with Crippen molar-refractivity contribution in [1.82, 2.24) is 15.0 Å². The van der Waals surface area contributed by atoms with Crippen molar-refractivity contribution >= 4 is 11.6 Å². The zero-order valence-electron chi connectivity index (χ0n) is 16.9. The minimum absolute atomic E-state index is 0.0338. The molecule has 1 aromatic heterocycles. The van der Waals surface area contributed by atoms with E-state index in [-0.39, 0.29) is 11.8 Å². The molecule has 1 fully saturated rings. The molecule has 1 amide bonds. The molecule has 0 bridgehead atoms. The molecule has 29 heavy (non-hydrogen) atoms. The van der Waals surface area contributed by atoms with Crippen LogP contribution in [0.1, 0.15) is 29.8 Å². The highest BCUT2D eigenvalue weighted by molar-refractivity contribution is 5.92. The number of hydrogen-bond donors (Lipinski definition) is 1. The Balaban J connectivity index is 1.35. The summed E-state index contributed by atoms with van der Waals surface area (Å²) in [7, 11) is 0. The van der Waals surface area contributed by atoms with Crippen LogP contribution in [0.5, 0.6) is 0 Å². The van der Waals surface area contributed by atoms with Crippen molar-refractivity contribution in [3.05, 3.63) is 65.5 Å². The van der Waals surface area contributed by atoms with Crippen molar-refractivity contribution in [2.45, 2.75) is 33.2 Å². The summed E-state index contributed by atoms with van der Waals surface area (Å²) in [6.07, 6.45) is 1.88. The van der Waals surface area contributed by atoms with Crippen LogP contribution in [0, 0.1) is 19.8 Å². The van der Waals surface area contributed by atoms with Crippen LogP contribution in [0.15, 0.2) is 53.1 Å². The van der Waals surface area contributed by atoms with Crippen molar-refractivity contribution in [3.63, 3.8) is 0 Å². The molecular formula is C23H26N4O2. The van der Waals surface area contributed by atoms with E-state index in [9.17, 15) is 4.79 Å². The number of hydrogen-bond acceptors (Lipinski definition) is 5. The average Bonchev–Trinajstić information content (AvgIpc) is 3.19. The van der Waals surface area contributed by atoms with Gasteiger partial charge in [0.1, 0.15) is 0 Å². The molecule has 1 N–H and O–H groups in total. The number of amides is 1. The van der Waals surface area contributed by atoms with Gasteiger partial charge >= 0.3 is 0 Å². The summed E-state index contributed by atoms with van der Waals surface area (Å²) in [5.41, 5.74) is 4.13. The Bertz CT molecular complexity index is 963. The van der Waals surface area contributed by atoms with Crippen molar-refractivity contribution in [3.8, 4) is 11.5 Å². The molecule has 0 aliphatic carbocycles. The second-order valence-corrected chi connectivity index (χ2v) is 7.81. The number of carbonyl (C=O) groups is 1. The first-order valence-electron chi connectivity index (χ1n) is 10.1. The zero-order valence-corrected chi connectivity index (χ0v) is 16.9. The Morgan fingerprint density at radius 1 is 1.10 bits per heavy atom. The maximum Gasteiger partial charge on any atom is 0.257 e. The number of anilines is 1. The number of carbonyl (C=O) groups excluding carboxylic acids is 1. The third-order valence-corrected chi connectivity index (χ3v) is 5.33. The second kappa shape index (κ2) is 8.57. The highest BCUT2D eigenvalue weighted by Crippen LogP contribution is 2.22. The first-order chi connectivity index (χ1) is 14.1. The summed E-state index contributed by atoms with van der Waals surface area (Å²) in [5.74, 6) is 1.23. The number of benzene rings is 2. The fraction of sp³-hybridized carbons (Fsp3) is 0.348. The Morgan fingerprint density at radius 2 is 1.79 bits per heavy atom. The number of nitrogens with one attached hydrogen (secondary N) is 1. The Hall–Kier alpha value is -2.99.